The fourth-order valence-corrected chi connectivity index (χ4v) is 2.09. The molecule has 2 rings (SSSR count). The maximum absolute atomic E-state index is 11.0. The topological polar surface area (TPSA) is 57.6 Å². The van der Waals surface area contributed by atoms with Crippen LogP contribution in [0.15, 0.2) is 0 Å². The van der Waals surface area contributed by atoms with Crippen LogP contribution in [0.25, 0.3) is 0 Å². The number of carboxylic acid groups (broad SMARTS) is 1. The number of likely N-dealkylation sites (tertiary alicyclic amines) is 1. The number of hydrogen-bond donors (Lipinski definition) is 1. The number of carbonyl (C=O) groups excluding carboxylic acids is 1. The number of ketones is 1. The molecular formula is C8H11NO3. The standard InChI is InChI=1S/C8H11NO3/c10-6-2-1-5-4-9(8(11)12)7(5)3-6/h5,7H,1-4H2,(H,11,12)/t5-,7-/m1/s1. The van der Waals surface area contributed by atoms with Crippen molar-refractivity contribution in [2.75, 3.05) is 6.54 Å². The average molecular weight is 169 g/mol. The Morgan fingerprint density at radius 2 is 2.33 bits per heavy atom. The molecule has 1 saturated carbocycles. The van der Waals surface area contributed by atoms with E-state index in [-0.39, 0.29) is 11.8 Å². The Balaban J connectivity index is 2.01. The Hall–Kier alpha value is -1.06. The average Bonchev–Trinajstić information content (AvgIpc) is 1.95. The molecule has 0 aromatic heterocycles. The van der Waals surface area contributed by atoms with E-state index in [2.05, 4.69) is 0 Å². The van der Waals surface area contributed by atoms with Gasteiger partial charge in [-0.2, -0.15) is 0 Å². The molecule has 2 aliphatic rings. The van der Waals surface area contributed by atoms with Gasteiger partial charge in [-0.3, -0.25) is 4.79 Å². The molecular weight excluding hydrogens is 158 g/mol. The third kappa shape index (κ3) is 0.983. The second-order valence-corrected chi connectivity index (χ2v) is 3.54. The molecule has 4 heteroatoms. The van der Waals surface area contributed by atoms with E-state index in [1.54, 1.807) is 0 Å². The Morgan fingerprint density at radius 1 is 1.58 bits per heavy atom. The number of amides is 1. The first-order valence-electron chi connectivity index (χ1n) is 4.20. The summed E-state index contributed by atoms with van der Waals surface area (Å²) in [5.41, 5.74) is 0. The molecule has 0 radical (unpaired) electrons. The summed E-state index contributed by atoms with van der Waals surface area (Å²) in [7, 11) is 0. The minimum atomic E-state index is -0.883. The molecule has 66 valence electrons. The lowest BCUT2D eigenvalue weighted by atomic mass is 9.76. The van der Waals surface area contributed by atoms with Gasteiger partial charge in [0, 0.05) is 25.4 Å². The molecule has 0 spiro atoms. The molecule has 1 amide bonds. The van der Waals surface area contributed by atoms with Gasteiger partial charge in [-0.05, 0) is 12.3 Å². The summed E-state index contributed by atoms with van der Waals surface area (Å²) in [5.74, 6) is 0.668. The summed E-state index contributed by atoms with van der Waals surface area (Å²) in [4.78, 5) is 22.9. The monoisotopic (exact) mass is 169 g/mol. The van der Waals surface area contributed by atoms with Crippen LogP contribution in [0.5, 0.6) is 0 Å². The summed E-state index contributed by atoms with van der Waals surface area (Å²) >= 11 is 0. The molecule has 4 nitrogen and oxygen atoms in total. The van der Waals surface area contributed by atoms with E-state index in [0.717, 1.165) is 6.42 Å². The maximum atomic E-state index is 11.0. The Labute approximate surface area is 70.2 Å². The normalized spacial score (nSPS) is 34.0. The van der Waals surface area contributed by atoms with Gasteiger partial charge in [0.1, 0.15) is 5.78 Å². The summed E-state index contributed by atoms with van der Waals surface area (Å²) in [5, 5.41) is 8.67. The molecule has 1 heterocycles. The second kappa shape index (κ2) is 2.47. The van der Waals surface area contributed by atoms with Crippen LogP contribution >= 0.6 is 0 Å². The van der Waals surface area contributed by atoms with Crippen molar-refractivity contribution in [2.45, 2.75) is 25.3 Å². The van der Waals surface area contributed by atoms with Crippen molar-refractivity contribution in [3.05, 3.63) is 0 Å². The van der Waals surface area contributed by atoms with E-state index in [1.165, 1.54) is 4.90 Å². The smallest absolute Gasteiger partial charge is 0.407 e. The SMILES string of the molecule is O=C1CC[C@@H]2CN(C(=O)O)[C@@H]2C1. The van der Waals surface area contributed by atoms with E-state index in [9.17, 15) is 9.59 Å². The second-order valence-electron chi connectivity index (χ2n) is 3.54. The van der Waals surface area contributed by atoms with Crippen molar-refractivity contribution in [2.24, 2.45) is 5.92 Å². The molecule has 0 aromatic rings. The summed E-state index contributed by atoms with van der Waals surface area (Å²) in [6, 6.07) is 0.00347. The number of Topliss-reactive ketones (excluding diaryl/α,β-unsaturated/α-hetero) is 1. The molecule has 2 fully saturated rings. The van der Waals surface area contributed by atoms with Crippen LogP contribution in [0.3, 0.4) is 0 Å². The minimum Gasteiger partial charge on any atom is -0.465 e. The molecule has 2 atom stereocenters. The van der Waals surface area contributed by atoms with E-state index in [1.807, 2.05) is 0 Å². The van der Waals surface area contributed by atoms with Gasteiger partial charge in [0.25, 0.3) is 0 Å². The first-order chi connectivity index (χ1) is 5.68. The zero-order chi connectivity index (χ0) is 8.72. The largest absolute Gasteiger partial charge is 0.465 e. The number of carbonyl (C=O) groups is 2. The van der Waals surface area contributed by atoms with Gasteiger partial charge >= 0.3 is 6.09 Å². The third-order valence-corrected chi connectivity index (χ3v) is 2.85. The molecule has 1 aliphatic heterocycles. The highest BCUT2D eigenvalue weighted by Gasteiger charge is 2.45. The zero-order valence-corrected chi connectivity index (χ0v) is 6.69. The van der Waals surface area contributed by atoms with E-state index in [4.69, 9.17) is 5.11 Å². The van der Waals surface area contributed by atoms with Gasteiger partial charge in [-0.25, -0.2) is 4.79 Å². The Bertz CT molecular complexity index is 236. The van der Waals surface area contributed by atoms with Crippen LogP contribution in [0.1, 0.15) is 19.3 Å². The summed E-state index contributed by atoms with van der Waals surface area (Å²) < 4.78 is 0. The van der Waals surface area contributed by atoms with Crippen molar-refractivity contribution in [3.63, 3.8) is 0 Å². The number of nitrogens with zero attached hydrogens (tertiary/aromatic N) is 1. The molecule has 0 unspecified atom stereocenters. The number of hydrogen-bond acceptors (Lipinski definition) is 2. The molecule has 1 aliphatic carbocycles. The van der Waals surface area contributed by atoms with Gasteiger partial charge in [-0.1, -0.05) is 0 Å². The first kappa shape index (κ1) is 7.58. The minimum absolute atomic E-state index is 0.00347. The van der Waals surface area contributed by atoms with E-state index >= 15 is 0 Å². The zero-order valence-electron chi connectivity index (χ0n) is 6.69. The van der Waals surface area contributed by atoms with Gasteiger partial charge in [-0.15, -0.1) is 0 Å². The fraction of sp³-hybridized carbons (Fsp3) is 0.750. The van der Waals surface area contributed by atoms with Crippen molar-refractivity contribution in [3.8, 4) is 0 Å². The number of rotatable bonds is 0. The summed E-state index contributed by atoms with van der Waals surface area (Å²) in [6.07, 6.45) is 1.09. The lowest BCUT2D eigenvalue weighted by Gasteiger charge is -2.48. The van der Waals surface area contributed by atoms with E-state index in [0.29, 0.717) is 25.3 Å². The van der Waals surface area contributed by atoms with Gasteiger partial charge < -0.3 is 10.0 Å². The van der Waals surface area contributed by atoms with Crippen LogP contribution in [-0.4, -0.2) is 34.5 Å². The highest BCUT2D eigenvalue weighted by atomic mass is 16.4. The molecule has 1 N–H and O–H groups in total. The van der Waals surface area contributed by atoms with Crippen molar-refractivity contribution in [1.29, 1.82) is 0 Å². The Kier molecular flexibility index (Phi) is 1.56. The van der Waals surface area contributed by atoms with Crippen LogP contribution in [0.2, 0.25) is 0 Å². The highest BCUT2D eigenvalue weighted by molar-refractivity contribution is 5.81. The highest BCUT2D eigenvalue weighted by Crippen LogP contribution is 2.35. The van der Waals surface area contributed by atoms with Crippen LogP contribution in [0, 0.1) is 5.92 Å². The maximum Gasteiger partial charge on any atom is 0.407 e. The third-order valence-electron chi connectivity index (χ3n) is 2.85. The number of fused-ring (bicyclic) bond motifs is 1. The van der Waals surface area contributed by atoms with Crippen LogP contribution in [-0.2, 0) is 4.79 Å². The lowest BCUT2D eigenvalue weighted by molar-refractivity contribution is -0.126. The first-order valence-corrected chi connectivity index (χ1v) is 4.20. The van der Waals surface area contributed by atoms with E-state index < -0.39 is 6.09 Å². The van der Waals surface area contributed by atoms with Gasteiger partial charge in [0.05, 0.1) is 0 Å². The van der Waals surface area contributed by atoms with Gasteiger partial charge in [0.15, 0.2) is 0 Å². The van der Waals surface area contributed by atoms with Crippen LogP contribution in [0.4, 0.5) is 4.79 Å². The molecule has 1 saturated heterocycles. The van der Waals surface area contributed by atoms with Crippen LogP contribution < -0.4 is 0 Å². The predicted octanol–water partition coefficient (Wildman–Crippen LogP) is 0.718. The lowest BCUT2D eigenvalue weighted by Crippen LogP contribution is -2.60. The fourth-order valence-electron chi connectivity index (χ4n) is 2.09. The molecule has 12 heavy (non-hydrogen) atoms. The predicted molar refractivity (Wildman–Crippen MR) is 40.9 cm³/mol. The molecule has 0 aromatic carbocycles. The Morgan fingerprint density at radius 3 is 3.00 bits per heavy atom. The van der Waals surface area contributed by atoms with Crippen molar-refractivity contribution < 1.29 is 14.7 Å². The van der Waals surface area contributed by atoms with Crippen molar-refractivity contribution >= 4 is 11.9 Å². The van der Waals surface area contributed by atoms with Gasteiger partial charge in [0.2, 0.25) is 0 Å². The molecule has 0 bridgehead atoms. The van der Waals surface area contributed by atoms with Crippen molar-refractivity contribution in [1.82, 2.24) is 4.90 Å². The summed E-state index contributed by atoms with van der Waals surface area (Å²) in [6.45, 7) is 0.632. The quantitative estimate of drug-likeness (QED) is 0.581.